The highest BCUT2D eigenvalue weighted by Crippen LogP contribution is 2.43. The molecule has 2 heterocycles. The van der Waals surface area contributed by atoms with Crippen LogP contribution in [0.1, 0.15) is 46.5 Å². The van der Waals surface area contributed by atoms with Gasteiger partial charge in [0, 0.05) is 43.0 Å². The standard InChI is InChI=1S/C31H34N2O5/c1-6-33(7-2)24-11-8-21(9-12-24)14-28-29(34)25-16-23-18-32(19-37-30(23)20(3)31(25)38-28)17-22-10-13-26(35-4)27(15-22)36-5/h8-16H,6-7,17-19H2,1-5H3/b28-14-. The van der Waals surface area contributed by atoms with E-state index in [1.165, 1.54) is 0 Å². The van der Waals surface area contributed by atoms with Gasteiger partial charge in [0.05, 0.1) is 19.8 Å². The van der Waals surface area contributed by atoms with Crippen molar-refractivity contribution in [3.05, 3.63) is 82.1 Å². The molecule has 3 aromatic carbocycles. The van der Waals surface area contributed by atoms with E-state index in [0.29, 0.717) is 48.4 Å². The van der Waals surface area contributed by atoms with Crippen LogP contribution in [-0.4, -0.2) is 44.7 Å². The van der Waals surface area contributed by atoms with Gasteiger partial charge in [-0.05, 0) is 68.3 Å². The Morgan fingerprint density at radius 3 is 2.39 bits per heavy atom. The van der Waals surface area contributed by atoms with E-state index in [1.807, 2.05) is 49.4 Å². The molecule has 0 saturated carbocycles. The Balaban J connectivity index is 1.35. The van der Waals surface area contributed by atoms with Crippen molar-refractivity contribution >= 4 is 17.5 Å². The molecule has 3 aromatic rings. The number of anilines is 1. The van der Waals surface area contributed by atoms with Crippen molar-refractivity contribution in [2.45, 2.75) is 33.9 Å². The van der Waals surface area contributed by atoms with Gasteiger partial charge < -0.3 is 23.8 Å². The van der Waals surface area contributed by atoms with Crippen LogP contribution < -0.4 is 23.8 Å². The maximum Gasteiger partial charge on any atom is 0.231 e. The van der Waals surface area contributed by atoms with E-state index in [-0.39, 0.29) is 5.78 Å². The Bertz CT molecular complexity index is 1380. The minimum absolute atomic E-state index is 0.101. The Hall–Kier alpha value is -3.97. The van der Waals surface area contributed by atoms with Gasteiger partial charge in [-0.3, -0.25) is 9.69 Å². The van der Waals surface area contributed by atoms with Crippen molar-refractivity contribution in [2.24, 2.45) is 0 Å². The van der Waals surface area contributed by atoms with Crippen LogP contribution >= 0.6 is 0 Å². The largest absolute Gasteiger partial charge is 0.493 e. The van der Waals surface area contributed by atoms with E-state index in [1.54, 1.807) is 14.2 Å². The summed E-state index contributed by atoms with van der Waals surface area (Å²) in [6.07, 6.45) is 1.82. The van der Waals surface area contributed by atoms with Crippen LogP contribution in [0.2, 0.25) is 0 Å². The van der Waals surface area contributed by atoms with Crippen LogP contribution in [0.15, 0.2) is 54.3 Å². The number of hydrogen-bond acceptors (Lipinski definition) is 7. The molecule has 0 amide bonds. The molecule has 0 aliphatic carbocycles. The van der Waals surface area contributed by atoms with E-state index in [0.717, 1.165) is 46.8 Å². The molecule has 0 N–H and O–H groups in total. The molecule has 0 fully saturated rings. The second kappa shape index (κ2) is 10.8. The van der Waals surface area contributed by atoms with E-state index >= 15 is 0 Å². The van der Waals surface area contributed by atoms with Gasteiger partial charge in [-0.2, -0.15) is 0 Å². The van der Waals surface area contributed by atoms with E-state index < -0.39 is 0 Å². The third-order valence-corrected chi connectivity index (χ3v) is 7.18. The van der Waals surface area contributed by atoms with Crippen molar-refractivity contribution in [2.75, 3.05) is 38.9 Å². The summed E-state index contributed by atoms with van der Waals surface area (Å²) in [5.41, 5.74) is 5.61. The lowest BCUT2D eigenvalue weighted by molar-refractivity contribution is 0.0876. The van der Waals surface area contributed by atoms with Crippen LogP contribution in [-0.2, 0) is 13.1 Å². The second-order valence-electron chi connectivity index (χ2n) is 9.52. The number of fused-ring (bicyclic) bond motifs is 2. The molecule has 0 aromatic heterocycles. The average molecular weight is 515 g/mol. The fraction of sp³-hybridized carbons (Fsp3) is 0.323. The summed E-state index contributed by atoms with van der Waals surface area (Å²) in [7, 11) is 3.26. The van der Waals surface area contributed by atoms with Gasteiger partial charge in [0.15, 0.2) is 17.3 Å². The topological polar surface area (TPSA) is 60.5 Å². The van der Waals surface area contributed by atoms with Gasteiger partial charge in [-0.25, -0.2) is 0 Å². The third kappa shape index (κ3) is 4.82. The van der Waals surface area contributed by atoms with Gasteiger partial charge in [-0.1, -0.05) is 18.2 Å². The van der Waals surface area contributed by atoms with Crippen LogP contribution in [0.25, 0.3) is 6.08 Å². The number of allylic oxidation sites excluding steroid dienone is 1. The Labute approximate surface area is 224 Å². The number of carbonyl (C=O) groups is 1. The molecule has 0 radical (unpaired) electrons. The summed E-state index contributed by atoms with van der Waals surface area (Å²) in [6, 6.07) is 16.0. The quantitative estimate of drug-likeness (QED) is 0.351. The summed E-state index contributed by atoms with van der Waals surface area (Å²) in [5.74, 6) is 3.02. The van der Waals surface area contributed by atoms with Crippen LogP contribution in [0.3, 0.4) is 0 Å². The first-order valence-electron chi connectivity index (χ1n) is 13.0. The SMILES string of the molecule is CCN(CC)c1ccc(/C=C2\Oc3c(cc4c(c3C)OCN(Cc3ccc(OC)c(OC)c3)C4)C2=O)cc1. The molecule has 0 bridgehead atoms. The zero-order valence-corrected chi connectivity index (χ0v) is 22.7. The zero-order chi connectivity index (χ0) is 26.8. The lowest BCUT2D eigenvalue weighted by Gasteiger charge is -2.30. The van der Waals surface area contributed by atoms with Crippen molar-refractivity contribution in [1.29, 1.82) is 0 Å². The van der Waals surface area contributed by atoms with Crippen molar-refractivity contribution in [1.82, 2.24) is 4.90 Å². The summed E-state index contributed by atoms with van der Waals surface area (Å²) < 4.78 is 23.1. The molecule has 0 saturated heterocycles. The van der Waals surface area contributed by atoms with Crippen LogP contribution in [0.4, 0.5) is 5.69 Å². The fourth-order valence-electron chi connectivity index (χ4n) is 5.16. The predicted molar refractivity (Wildman–Crippen MR) is 148 cm³/mol. The summed E-state index contributed by atoms with van der Waals surface area (Å²) >= 11 is 0. The number of hydrogen-bond donors (Lipinski definition) is 0. The first kappa shape index (κ1) is 25.7. The van der Waals surface area contributed by atoms with E-state index in [4.69, 9.17) is 18.9 Å². The van der Waals surface area contributed by atoms with Gasteiger partial charge in [0.1, 0.15) is 18.2 Å². The minimum atomic E-state index is -0.101. The first-order chi connectivity index (χ1) is 18.4. The predicted octanol–water partition coefficient (Wildman–Crippen LogP) is 5.83. The zero-order valence-electron chi connectivity index (χ0n) is 22.7. The van der Waals surface area contributed by atoms with Gasteiger partial charge in [0.25, 0.3) is 0 Å². The lowest BCUT2D eigenvalue weighted by atomic mass is 9.99. The molecular formula is C31H34N2O5. The molecule has 38 heavy (non-hydrogen) atoms. The monoisotopic (exact) mass is 514 g/mol. The summed E-state index contributed by atoms with van der Waals surface area (Å²) in [4.78, 5) is 17.8. The number of nitrogens with zero attached hydrogens (tertiary/aromatic N) is 2. The second-order valence-corrected chi connectivity index (χ2v) is 9.52. The van der Waals surface area contributed by atoms with Gasteiger partial charge in [-0.15, -0.1) is 0 Å². The number of ketones is 1. The maximum atomic E-state index is 13.3. The number of ether oxygens (including phenoxy) is 4. The molecule has 7 nitrogen and oxygen atoms in total. The summed E-state index contributed by atoms with van der Waals surface area (Å²) in [6.45, 7) is 9.92. The first-order valence-corrected chi connectivity index (χ1v) is 13.0. The van der Waals surface area contributed by atoms with E-state index in [9.17, 15) is 4.79 Å². The highest BCUT2D eigenvalue weighted by Gasteiger charge is 2.33. The van der Waals surface area contributed by atoms with E-state index in [2.05, 4.69) is 35.8 Å². The molecule has 2 aliphatic rings. The number of carbonyl (C=O) groups excluding carboxylic acids is 1. The molecular weight excluding hydrogens is 480 g/mol. The normalized spacial score (nSPS) is 15.5. The Kier molecular flexibility index (Phi) is 7.29. The molecule has 7 heteroatoms. The van der Waals surface area contributed by atoms with Crippen molar-refractivity contribution in [3.63, 3.8) is 0 Å². The lowest BCUT2D eigenvalue weighted by Crippen LogP contribution is -2.32. The molecule has 198 valence electrons. The Morgan fingerprint density at radius 2 is 1.71 bits per heavy atom. The minimum Gasteiger partial charge on any atom is -0.493 e. The molecule has 2 aliphatic heterocycles. The number of rotatable bonds is 8. The molecule has 0 spiro atoms. The number of benzene rings is 3. The average Bonchev–Trinajstić information content (AvgIpc) is 3.25. The highest BCUT2D eigenvalue weighted by atomic mass is 16.5. The van der Waals surface area contributed by atoms with Gasteiger partial charge in [0.2, 0.25) is 5.78 Å². The number of Topliss-reactive ketones (excluding diaryl/α,β-unsaturated/α-hetero) is 1. The van der Waals surface area contributed by atoms with Crippen LogP contribution in [0, 0.1) is 6.92 Å². The van der Waals surface area contributed by atoms with Crippen molar-refractivity contribution < 1.29 is 23.7 Å². The molecule has 0 atom stereocenters. The van der Waals surface area contributed by atoms with Crippen LogP contribution in [0.5, 0.6) is 23.0 Å². The van der Waals surface area contributed by atoms with Gasteiger partial charge >= 0.3 is 0 Å². The molecule has 5 rings (SSSR count). The molecule has 0 unspecified atom stereocenters. The van der Waals surface area contributed by atoms with Crippen molar-refractivity contribution in [3.8, 4) is 23.0 Å². The number of methoxy groups -OCH3 is 2. The highest BCUT2D eigenvalue weighted by molar-refractivity contribution is 6.15. The summed E-state index contributed by atoms with van der Waals surface area (Å²) in [5, 5.41) is 0. The third-order valence-electron chi connectivity index (χ3n) is 7.18. The maximum absolute atomic E-state index is 13.3. The fourth-order valence-corrected chi connectivity index (χ4v) is 5.16. The Morgan fingerprint density at radius 1 is 0.974 bits per heavy atom. The smallest absolute Gasteiger partial charge is 0.231 e.